The number of ether oxygens (including phenoxy) is 1. The molecule has 40 heavy (non-hydrogen) atoms. The van der Waals surface area contributed by atoms with Gasteiger partial charge < -0.3 is 9.64 Å². The molecule has 7 nitrogen and oxygen atoms in total. The number of esters is 1. The first-order valence-corrected chi connectivity index (χ1v) is 13.3. The molecule has 1 aliphatic rings. The van der Waals surface area contributed by atoms with Gasteiger partial charge in [0.25, 0.3) is 0 Å². The molecule has 2 heterocycles. The molecule has 1 aromatic heterocycles. The summed E-state index contributed by atoms with van der Waals surface area (Å²) < 4.78 is 22.8. The molecule has 4 aromatic rings. The van der Waals surface area contributed by atoms with Crippen molar-refractivity contribution in [1.82, 2.24) is 14.0 Å². The van der Waals surface area contributed by atoms with E-state index in [0.29, 0.717) is 12.2 Å². The summed E-state index contributed by atoms with van der Waals surface area (Å²) in [5.74, 6) is -0.547. The minimum absolute atomic E-state index is 0. The molecule has 0 bridgehead atoms. The fourth-order valence-electron chi connectivity index (χ4n) is 5.26. The van der Waals surface area contributed by atoms with E-state index >= 15 is 0 Å². The monoisotopic (exact) mass is 562 g/mol. The summed E-state index contributed by atoms with van der Waals surface area (Å²) in [6.45, 7) is 6.96. The molecule has 9 heteroatoms. The van der Waals surface area contributed by atoms with Crippen molar-refractivity contribution in [3.63, 3.8) is 0 Å². The summed E-state index contributed by atoms with van der Waals surface area (Å²) in [7, 11) is 0. The van der Waals surface area contributed by atoms with Crippen molar-refractivity contribution in [3.05, 3.63) is 119 Å². The predicted octanol–water partition coefficient (Wildman–Crippen LogP) is 4.93. The fraction of sp³-hybridized carbons (Fsp3) is 0.290. The number of hydrogen-bond acceptors (Lipinski definition) is 5. The number of nitrogens with zero attached hydrogens (tertiary/aromatic N) is 4. The van der Waals surface area contributed by atoms with E-state index < -0.39 is 12.1 Å². The van der Waals surface area contributed by atoms with Crippen molar-refractivity contribution in [3.8, 4) is 5.69 Å². The zero-order chi connectivity index (χ0) is 27.4. The summed E-state index contributed by atoms with van der Waals surface area (Å²) >= 11 is 0. The standard InChI is InChI=1S/C31H33FN4O3.H2S/c1-3-39-30(37)29(24-9-5-4-6-10-24)34-19-17-33(18-20-34)25-13-15-26(16-14-25)36-22-21-35(31(36)38)23(2)27-11-7-8-12-28(27)32;/h4-16,21-23,29H,3,17-20H2,1-2H3;1H2/t23-,29+;/m1./s1. The van der Waals surface area contributed by atoms with E-state index in [1.165, 1.54) is 10.6 Å². The Hall–Kier alpha value is -3.82. The average Bonchev–Trinajstić information content (AvgIpc) is 3.35. The highest BCUT2D eigenvalue weighted by atomic mass is 32.1. The van der Waals surface area contributed by atoms with Gasteiger partial charge in [0.1, 0.15) is 11.9 Å². The Kier molecular flexibility index (Phi) is 9.50. The van der Waals surface area contributed by atoms with E-state index in [2.05, 4.69) is 9.80 Å². The van der Waals surface area contributed by atoms with Gasteiger partial charge in [-0.05, 0) is 49.7 Å². The molecule has 0 unspecified atom stereocenters. The summed E-state index contributed by atoms with van der Waals surface area (Å²) in [6, 6.07) is 23.3. The van der Waals surface area contributed by atoms with Crippen molar-refractivity contribution >= 4 is 25.2 Å². The highest BCUT2D eigenvalue weighted by Gasteiger charge is 2.31. The first-order valence-electron chi connectivity index (χ1n) is 13.3. The Morgan fingerprint density at radius 1 is 0.875 bits per heavy atom. The van der Waals surface area contributed by atoms with Crippen LogP contribution in [0.5, 0.6) is 0 Å². The van der Waals surface area contributed by atoms with Gasteiger partial charge in [-0.25, -0.2) is 14.0 Å². The molecular formula is C31H35FN4O3S. The summed E-state index contributed by atoms with van der Waals surface area (Å²) in [6.07, 6.45) is 3.41. The number of piperazine rings is 1. The van der Waals surface area contributed by atoms with Crippen LogP contribution in [0.4, 0.5) is 10.1 Å². The molecule has 0 N–H and O–H groups in total. The molecule has 1 aliphatic heterocycles. The Morgan fingerprint density at radius 2 is 1.50 bits per heavy atom. The smallest absolute Gasteiger partial charge is 0.333 e. The van der Waals surface area contributed by atoms with Gasteiger partial charge >= 0.3 is 11.7 Å². The van der Waals surface area contributed by atoms with Crippen molar-refractivity contribution in [1.29, 1.82) is 0 Å². The molecule has 3 aromatic carbocycles. The minimum Gasteiger partial charge on any atom is -0.465 e. The third-order valence-electron chi connectivity index (χ3n) is 7.37. The van der Waals surface area contributed by atoms with Gasteiger partial charge in [-0.3, -0.25) is 14.0 Å². The number of hydrogen-bond donors (Lipinski definition) is 0. The number of carbonyl (C=O) groups is 1. The number of aromatic nitrogens is 2. The van der Waals surface area contributed by atoms with Gasteiger partial charge in [0, 0.05) is 49.8 Å². The normalized spacial score (nSPS) is 15.2. The van der Waals surface area contributed by atoms with Gasteiger partial charge in [0.15, 0.2) is 0 Å². The van der Waals surface area contributed by atoms with Crippen LogP contribution in [0.1, 0.15) is 37.1 Å². The van der Waals surface area contributed by atoms with E-state index in [1.807, 2.05) is 68.4 Å². The van der Waals surface area contributed by atoms with Crippen molar-refractivity contribution < 1.29 is 13.9 Å². The average molecular weight is 563 g/mol. The lowest BCUT2D eigenvalue weighted by molar-refractivity contribution is -0.150. The molecule has 2 atom stereocenters. The summed E-state index contributed by atoms with van der Waals surface area (Å²) in [4.78, 5) is 30.4. The molecule has 0 spiro atoms. The molecule has 1 saturated heterocycles. The zero-order valence-corrected chi connectivity index (χ0v) is 23.7. The quantitative estimate of drug-likeness (QED) is 0.285. The zero-order valence-electron chi connectivity index (χ0n) is 22.7. The second-order valence-electron chi connectivity index (χ2n) is 9.66. The molecule has 0 aliphatic carbocycles. The number of halogens is 1. The largest absolute Gasteiger partial charge is 0.465 e. The van der Waals surface area contributed by atoms with Crippen LogP contribution in [0.25, 0.3) is 5.69 Å². The van der Waals surface area contributed by atoms with E-state index in [9.17, 15) is 14.0 Å². The highest BCUT2D eigenvalue weighted by molar-refractivity contribution is 7.59. The van der Waals surface area contributed by atoms with Gasteiger partial charge in [0.2, 0.25) is 0 Å². The van der Waals surface area contributed by atoms with E-state index in [4.69, 9.17) is 4.74 Å². The van der Waals surface area contributed by atoms with Crippen LogP contribution in [-0.2, 0) is 9.53 Å². The number of carbonyl (C=O) groups excluding carboxylic acids is 1. The maximum atomic E-state index is 14.3. The predicted molar refractivity (Wildman–Crippen MR) is 160 cm³/mol. The van der Waals surface area contributed by atoms with Crippen LogP contribution >= 0.6 is 13.5 Å². The summed E-state index contributed by atoms with van der Waals surface area (Å²) in [5.41, 5.74) is 2.99. The number of rotatable bonds is 8. The van der Waals surface area contributed by atoms with Crippen LogP contribution in [0, 0.1) is 5.82 Å². The lowest BCUT2D eigenvalue weighted by Gasteiger charge is -2.39. The SMILES string of the molecule is CCOC(=O)[C@H](c1ccccc1)N1CCN(c2ccc(-n3ccn([C@H](C)c4ccccc4F)c3=O)cc2)CC1.S. The first kappa shape index (κ1) is 29.2. The Balaban J connectivity index is 0.00000370. The maximum Gasteiger partial charge on any atom is 0.333 e. The van der Waals surface area contributed by atoms with Crippen LogP contribution in [0.3, 0.4) is 0 Å². The molecule has 0 radical (unpaired) electrons. The third kappa shape index (κ3) is 6.00. The van der Waals surface area contributed by atoms with E-state index in [-0.39, 0.29) is 31.0 Å². The van der Waals surface area contributed by atoms with E-state index in [1.54, 1.807) is 35.2 Å². The lowest BCUT2D eigenvalue weighted by Crippen LogP contribution is -2.49. The van der Waals surface area contributed by atoms with Crippen molar-refractivity contribution in [2.45, 2.75) is 25.9 Å². The molecular weight excluding hydrogens is 527 g/mol. The highest BCUT2D eigenvalue weighted by Crippen LogP contribution is 2.26. The Labute approximate surface area is 240 Å². The first-order chi connectivity index (χ1) is 19.0. The molecule has 0 amide bonds. The van der Waals surface area contributed by atoms with Crippen LogP contribution in [0.15, 0.2) is 96.1 Å². The van der Waals surface area contributed by atoms with E-state index in [0.717, 1.165) is 43.1 Å². The molecule has 5 rings (SSSR count). The van der Waals surface area contributed by atoms with Gasteiger partial charge in [-0.2, -0.15) is 13.5 Å². The van der Waals surface area contributed by atoms with Crippen LogP contribution in [0.2, 0.25) is 0 Å². The lowest BCUT2D eigenvalue weighted by atomic mass is 10.0. The second-order valence-corrected chi connectivity index (χ2v) is 9.66. The third-order valence-corrected chi connectivity index (χ3v) is 7.37. The van der Waals surface area contributed by atoms with Gasteiger partial charge in [-0.1, -0.05) is 48.5 Å². The Morgan fingerprint density at radius 3 is 2.15 bits per heavy atom. The van der Waals surface area contributed by atoms with Gasteiger partial charge in [0.05, 0.1) is 18.3 Å². The maximum absolute atomic E-state index is 14.3. The minimum atomic E-state index is -0.426. The van der Waals surface area contributed by atoms with Crippen LogP contribution < -0.4 is 10.6 Å². The molecule has 0 saturated carbocycles. The van der Waals surface area contributed by atoms with Crippen LogP contribution in [-0.4, -0.2) is 52.8 Å². The van der Waals surface area contributed by atoms with Crippen molar-refractivity contribution in [2.24, 2.45) is 0 Å². The second kappa shape index (κ2) is 13.0. The fourth-order valence-corrected chi connectivity index (χ4v) is 5.26. The number of imidazole rings is 1. The van der Waals surface area contributed by atoms with Gasteiger partial charge in [-0.15, -0.1) is 0 Å². The number of benzene rings is 3. The van der Waals surface area contributed by atoms with Crippen molar-refractivity contribution in [2.75, 3.05) is 37.7 Å². The Bertz CT molecular complexity index is 1460. The topological polar surface area (TPSA) is 59.7 Å². The molecule has 1 fully saturated rings. The number of anilines is 1. The summed E-state index contributed by atoms with van der Waals surface area (Å²) in [5, 5.41) is 0. The molecule has 210 valence electrons.